The Kier molecular flexibility index (Phi) is 4.86. The van der Waals surface area contributed by atoms with Gasteiger partial charge in [-0.15, -0.1) is 10.2 Å². The van der Waals surface area contributed by atoms with Crippen LogP contribution in [0.25, 0.3) is 11.3 Å². The van der Waals surface area contributed by atoms with Crippen LogP contribution in [-0.4, -0.2) is 33.0 Å². The molecule has 1 aliphatic carbocycles. The average molecular weight is 401 g/mol. The third kappa shape index (κ3) is 3.91. The molecule has 1 fully saturated rings. The van der Waals surface area contributed by atoms with Crippen molar-refractivity contribution in [3.63, 3.8) is 0 Å². The van der Waals surface area contributed by atoms with Crippen molar-refractivity contribution >= 4 is 22.4 Å². The summed E-state index contributed by atoms with van der Waals surface area (Å²) in [6, 6.07) is 6.81. The lowest BCUT2D eigenvalue weighted by molar-refractivity contribution is -0.117. The summed E-state index contributed by atoms with van der Waals surface area (Å²) in [6.07, 6.45) is 2.20. The molecule has 1 amide bonds. The molecule has 0 atom stereocenters. The molecule has 0 spiro atoms. The van der Waals surface area contributed by atoms with E-state index in [1.807, 2.05) is 0 Å². The number of rotatable bonds is 6. The van der Waals surface area contributed by atoms with E-state index in [4.69, 9.17) is 4.74 Å². The fraction of sp³-hybridized carbons (Fsp3) is 0.278. The summed E-state index contributed by atoms with van der Waals surface area (Å²) in [5, 5.41) is 16.2. The Balaban J connectivity index is 1.53. The Hall–Kier alpha value is -3.14. The molecular formula is C18H16FN5O3S. The first-order chi connectivity index (χ1) is 13.5. The van der Waals surface area contributed by atoms with Crippen LogP contribution in [-0.2, 0) is 11.3 Å². The van der Waals surface area contributed by atoms with Gasteiger partial charge in [0, 0.05) is 23.6 Å². The van der Waals surface area contributed by atoms with Crippen LogP contribution in [0.5, 0.6) is 5.75 Å². The van der Waals surface area contributed by atoms with Crippen molar-refractivity contribution in [1.82, 2.24) is 20.0 Å². The van der Waals surface area contributed by atoms with Crippen molar-refractivity contribution in [2.45, 2.75) is 25.3 Å². The molecule has 1 aromatic carbocycles. The number of hydrogen-bond donors (Lipinski definition) is 1. The number of anilines is 1. The van der Waals surface area contributed by atoms with Crippen LogP contribution in [0, 0.1) is 5.82 Å². The van der Waals surface area contributed by atoms with Gasteiger partial charge in [0.2, 0.25) is 11.0 Å². The van der Waals surface area contributed by atoms with E-state index in [0.29, 0.717) is 22.3 Å². The number of carbonyl (C=O) groups is 1. The number of aromatic nitrogens is 4. The molecule has 0 unspecified atom stereocenters. The summed E-state index contributed by atoms with van der Waals surface area (Å²) in [4.78, 5) is 24.4. The molecule has 1 N–H and O–H groups in total. The van der Waals surface area contributed by atoms with Gasteiger partial charge >= 0.3 is 0 Å². The predicted molar refractivity (Wildman–Crippen MR) is 101 cm³/mol. The van der Waals surface area contributed by atoms with Crippen LogP contribution in [0.2, 0.25) is 0 Å². The minimum absolute atomic E-state index is 0.281. The first-order valence-corrected chi connectivity index (χ1v) is 9.40. The molecule has 0 radical (unpaired) electrons. The zero-order valence-electron chi connectivity index (χ0n) is 14.9. The molecule has 8 nitrogen and oxygen atoms in total. The van der Waals surface area contributed by atoms with Gasteiger partial charge in [0.1, 0.15) is 23.1 Å². The molecule has 0 aliphatic heterocycles. The van der Waals surface area contributed by atoms with Crippen LogP contribution in [0.4, 0.5) is 9.52 Å². The lowest BCUT2D eigenvalue weighted by Crippen LogP contribution is -2.29. The zero-order chi connectivity index (χ0) is 19.7. The molecular weight excluding hydrogens is 385 g/mol. The maximum atomic E-state index is 13.4. The standard InChI is InChI=1S/C18H16FN5O3S/c1-27-14-8-11(19)4-5-12(14)13-6-7-16(26)24(23-13)9-15(25)20-18-22-21-17(28-18)10-2-3-10/h4-8,10H,2-3,9H2,1H3,(H,20,22,25). The predicted octanol–water partition coefficient (Wildman–Crippen LogP) is 2.43. The van der Waals surface area contributed by atoms with Crippen LogP contribution in [0.3, 0.4) is 0 Å². The van der Waals surface area contributed by atoms with Crippen molar-refractivity contribution in [2.75, 3.05) is 12.4 Å². The fourth-order valence-corrected chi connectivity index (χ4v) is 3.59. The summed E-state index contributed by atoms with van der Waals surface area (Å²) in [6.45, 7) is -0.283. The van der Waals surface area contributed by atoms with E-state index < -0.39 is 17.3 Å². The van der Waals surface area contributed by atoms with E-state index in [9.17, 15) is 14.0 Å². The Morgan fingerprint density at radius 1 is 1.32 bits per heavy atom. The van der Waals surface area contributed by atoms with Gasteiger partial charge in [0.15, 0.2) is 0 Å². The van der Waals surface area contributed by atoms with Crippen molar-refractivity contribution in [1.29, 1.82) is 0 Å². The molecule has 10 heteroatoms. The summed E-state index contributed by atoms with van der Waals surface area (Å²) in [5.41, 5.74) is 0.461. The molecule has 0 bridgehead atoms. The molecule has 1 aliphatic rings. The van der Waals surface area contributed by atoms with E-state index in [0.717, 1.165) is 22.5 Å². The lowest BCUT2D eigenvalue weighted by Gasteiger charge is -2.10. The number of carbonyl (C=O) groups excluding carboxylic acids is 1. The second kappa shape index (κ2) is 7.47. The molecule has 3 aromatic rings. The fourth-order valence-electron chi connectivity index (χ4n) is 2.66. The quantitative estimate of drug-likeness (QED) is 0.681. The summed E-state index contributed by atoms with van der Waals surface area (Å²) in [7, 11) is 1.42. The maximum absolute atomic E-state index is 13.4. The van der Waals surface area contributed by atoms with Crippen LogP contribution < -0.4 is 15.6 Å². The summed E-state index contributed by atoms with van der Waals surface area (Å²) >= 11 is 1.34. The normalized spacial score (nSPS) is 13.4. The Labute approximate surface area is 163 Å². The van der Waals surface area contributed by atoms with E-state index in [2.05, 4.69) is 20.6 Å². The molecule has 2 aromatic heterocycles. The molecule has 2 heterocycles. The number of ether oxygens (including phenoxy) is 1. The van der Waals surface area contributed by atoms with Gasteiger partial charge in [-0.2, -0.15) is 5.10 Å². The van der Waals surface area contributed by atoms with Crippen molar-refractivity contribution < 1.29 is 13.9 Å². The van der Waals surface area contributed by atoms with Crippen molar-refractivity contribution in [2.24, 2.45) is 0 Å². The highest BCUT2D eigenvalue weighted by Gasteiger charge is 2.27. The smallest absolute Gasteiger partial charge is 0.267 e. The summed E-state index contributed by atoms with van der Waals surface area (Å²) in [5.74, 6) is -0.148. The Morgan fingerprint density at radius 3 is 2.89 bits per heavy atom. The van der Waals surface area contributed by atoms with Crippen LogP contribution in [0.1, 0.15) is 23.8 Å². The first-order valence-electron chi connectivity index (χ1n) is 8.59. The molecule has 28 heavy (non-hydrogen) atoms. The van der Waals surface area contributed by atoms with Gasteiger partial charge in [-0.25, -0.2) is 9.07 Å². The minimum Gasteiger partial charge on any atom is -0.496 e. The van der Waals surface area contributed by atoms with E-state index >= 15 is 0 Å². The number of methoxy groups -OCH3 is 1. The number of amides is 1. The van der Waals surface area contributed by atoms with E-state index in [1.165, 1.54) is 48.8 Å². The molecule has 4 rings (SSSR count). The van der Waals surface area contributed by atoms with Gasteiger partial charge in [-0.05, 0) is 31.0 Å². The Bertz CT molecular complexity index is 1090. The summed E-state index contributed by atoms with van der Waals surface area (Å²) < 4.78 is 19.6. The second-order valence-corrected chi connectivity index (χ2v) is 7.34. The van der Waals surface area contributed by atoms with Gasteiger partial charge in [0.05, 0.1) is 12.8 Å². The monoisotopic (exact) mass is 401 g/mol. The van der Waals surface area contributed by atoms with Crippen molar-refractivity contribution in [3.05, 3.63) is 51.5 Å². The van der Waals surface area contributed by atoms with Gasteiger partial charge < -0.3 is 4.74 Å². The van der Waals surface area contributed by atoms with Gasteiger partial charge in [0.25, 0.3) is 5.56 Å². The number of hydrogen-bond acceptors (Lipinski definition) is 7. The average Bonchev–Trinajstić information content (AvgIpc) is 3.43. The van der Waals surface area contributed by atoms with Crippen molar-refractivity contribution in [3.8, 4) is 17.0 Å². The number of nitrogens with zero attached hydrogens (tertiary/aromatic N) is 4. The second-order valence-electron chi connectivity index (χ2n) is 6.33. The topological polar surface area (TPSA) is 99.0 Å². The van der Waals surface area contributed by atoms with Gasteiger partial charge in [-0.3, -0.25) is 14.9 Å². The van der Waals surface area contributed by atoms with E-state index in [1.54, 1.807) is 0 Å². The molecule has 0 saturated heterocycles. The highest BCUT2D eigenvalue weighted by Crippen LogP contribution is 2.42. The van der Waals surface area contributed by atoms with Crippen LogP contribution >= 0.6 is 11.3 Å². The third-order valence-corrected chi connectivity index (χ3v) is 5.21. The highest BCUT2D eigenvalue weighted by atomic mass is 32.1. The highest BCUT2D eigenvalue weighted by molar-refractivity contribution is 7.15. The van der Waals surface area contributed by atoms with Crippen LogP contribution in [0.15, 0.2) is 35.1 Å². The van der Waals surface area contributed by atoms with Gasteiger partial charge in [-0.1, -0.05) is 11.3 Å². The number of nitrogens with one attached hydrogen (secondary N) is 1. The Morgan fingerprint density at radius 2 is 2.14 bits per heavy atom. The third-order valence-electron chi connectivity index (χ3n) is 4.21. The minimum atomic E-state index is -0.448. The lowest BCUT2D eigenvalue weighted by atomic mass is 10.1. The maximum Gasteiger partial charge on any atom is 0.267 e. The zero-order valence-corrected chi connectivity index (χ0v) is 15.7. The largest absolute Gasteiger partial charge is 0.496 e. The van der Waals surface area contributed by atoms with E-state index in [-0.39, 0.29) is 12.3 Å². The molecule has 144 valence electrons. The number of benzene rings is 1. The molecule has 1 saturated carbocycles. The number of halogens is 1. The first kappa shape index (κ1) is 18.2. The SMILES string of the molecule is COc1cc(F)ccc1-c1ccc(=O)n(CC(=O)Nc2nnc(C3CC3)s2)n1.